The summed E-state index contributed by atoms with van der Waals surface area (Å²) in [6.07, 6.45) is 22.5. The van der Waals surface area contributed by atoms with E-state index in [2.05, 4.69) is 102 Å². The van der Waals surface area contributed by atoms with Gasteiger partial charge in [0.05, 0.1) is 11.4 Å². The van der Waals surface area contributed by atoms with Crippen molar-refractivity contribution >= 4 is 22.7 Å². The summed E-state index contributed by atoms with van der Waals surface area (Å²) in [6, 6.07) is 30.0. The maximum absolute atomic E-state index is 3.74. The monoisotopic (exact) mass is 512 g/mol. The van der Waals surface area contributed by atoms with E-state index >= 15 is 0 Å². The first kappa shape index (κ1) is 29.8. The highest BCUT2D eigenvalue weighted by atomic mass is 15.2. The fourth-order valence-corrected chi connectivity index (χ4v) is 5.30. The molecular formula is C36H52N2. The van der Waals surface area contributed by atoms with Crippen LogP contribution in [0.1, 0.15) is 110 Å². The molecule has 38 heavy (non-hydrogen) atoms. The number of hydrogen-bond donors (Lipinski definition) is 1. The number of unbranched alkanes of at least 4 members (excludes halogenated alkanes) is 15. The Balaban J connectivity index is 1.30. The number of anilines is 4. The van der Waals surface area contributed by atoms with Crippen molar-refractivity contribution in [3.8, 4) is 0 Å². The molecule has 0 heterocycles. The summed E-state index contributed by atoms with van der Waals surface area (Å²) in [7, 11) is 0. The Hall–Kier alpha value is -2.74. The lowest BCUT2D eigenvalue weighted by Crippen LogP contribution is -2.13. The SMILES string of the molecule is CCCCCCCCCCCCCCCCCCNc1ccccc1N(c1ccccc1)c1ccccc1. The summed E-state index contributed by atoms with van der Waals surface area (Å²) < 4.78 is 0. The molecular weight excluding hydrogens is 460 g/mol. The van der Waals surface area contributed by atoms with Gasteiger partial charge in [-0.25, -0.2) is 0 Å². The molecule has 0 radical (unpaired) electrons. The molecule has 0 spiro atoms. The predicted molar refractivity (Wildman–Crippen MR) is 169 cm³/mol. The van der Waals surface area contributed by atoms with Crippen LogP contribution in [0.4, 0.5) is 22.7 Å². The summed E-state index contributed by atoms with van der Waals surface area (Å²) in [5.74, 6) is 0. The van der Waals surface area contributed by atoms with Crippen molar-refractivity contribution < 1.29 is 0 Å². The van der Waals surface area contributed by atoms with Crippen LogP contribution in [0.5, 0.6) is 0 Å². The van der Waals surface area contributed by atoms with Gasteiger partial charge in [-0.2, -0.15) is 0 Å². The van der Waals surface area contributed by atoms with Crippen molar-refractivity contribution in [2.75, 3.05) is 16.8 Å². The van der Waals surface area contributed by atoms with E-state index in [1.165, 1.54) is 125 Å². The summed E-state index contributed by atoms with van der Waals surface area (Å²) >= 11 is 0. The molecule has 2 nitrogen and oxygen atoms in total. The molecule has 0 fully saturated rings. The van der Waals surface area contributed by atoms with Gasteiger partial charge in [-0.05, 0) is 42.8 Å². The molecule has 2 heteroatoms. The first-order chi connectivity index (χ1) is 18.9. The second-order valence-electron chi connectivity index (χ2n) is 10.8. The molecule has 0 saturated carbocycles. The first-order valence-electron chi connectivity index (χ1n) is 15.6. The standard InChI is InChI=1S/C36H52N2/c1-2-3-4-5-6-7-8-9-10-11-12-13-14-15-16-25-32-37-35-30-23-24-31-36(35)38(33-26-19-17-20-27-33)34-28-21-18-22-29-34/h17-24,26-31,37H,2-16,25,32H2,1H3. The van der Waals surface area contributed by atoms with Crippen molar-refractivity contribution in [3.63, 3.8) is 0 Å². The van der Waals surface area contributed by atoms with Gasteiger partial charge in [-0.15, -0.1) is 0 Å². The minimum absolute atomic E-state index is 1.02. The molecule has 0 aliphatic rings. The highest BCUT2D eigenvalue weighted by Gasteiger charge is 2.15. The Morgan fingerprint density at radius 1 is 0.447 bits per heavy atom. The highest BCUT2D eigenvalue weighted by Crippen LogP contribution is 2.38. The molecule has 0 amide bonds. The zero-order valence-electron chi connectivity index (χ0n) is 24.1. The maximum Gasteiger partial charge on any atom is 0.0693 e. The van der Waals surface area contributed by atoms with Gasteiger partial charge in [0.25, 0.3) is 0 Å². The Bertz CT molecular complexity index is 914. The average molecular weight is 513 g/mol. The zero-order valence-corrected chi connectivity index (χ0v) is 24.1. The molecule has 0 saturated heterocycles. The van der Waals surface area contributed by atoms with Crippen LogP contribution in [0.3, 0.4) is 0 Å². The highest BCUT2D eigenvalue weighted by molar-refractivity contribution is 5.84. The quantitative estimate of drug-likeness (QED) is 0.143. The lowest BCUT2D eigenvalue weighted by atomic mass is 10.0. The number of para-hydroxylation sites is 4. The van der Waals surface area contributed by atoms with E-state index in [0.717, 1.165) is 6.54 Å². The van der Waals surface area contributed by atoms with Crippen LogP contribution >= 0.6 is 0 Å². The van der Waals surface area contributed by atoms with Crippen molar-refractivity contribution in [2.24, 2.45) is 0 Å². The fourth-order valence-electron chi connectivity index (χ4n) is 5.30. The first-order valence-corrected chi connectivity index (χ1v) is 15.6. The van der Waals surface area contributed by atoms with E-state index in [1.807, 2.05) is 0 Å². The van der Waals surface area contributed by atoms with Crippen molar-refractivity contribution in [1.29, 1.82) is 0 Å². The number of nitrogens with one attached hydrogen (secondary N) is 1. The Kier molecular flexibility index (Phi) is 15.2. The topological polar surface area (TPSA) is 15.3 Å². The molecule has 206 valence electrons. The third-order valence-corrected chi connectivity index (χ3v) is 7.52. The molecule has 3 rings (SSSR count). The minimum atomic E-state index is 1.02. The summed E-state index contributed by atoms with van der Waals surface area (Å²) in [6.45, 7) is 3.32. The molecule has 1 N–H and O–H groups in total. The molecule has 0 unspecified atom stereocenters. The van der Waals surface area contributed by atoms with E-state index in [9.17, 15) is 0 Å². The van der Waals surface area contributed by atoms with E-state index in [-0.39, 0.29) is 0 Å². The van der Waals surface area contributed by atoms with Gasteiger partial charge in [0.1, 0.15) is 0 Å². The van der Waals surface area contributed by atoms with Crippen molar-refractivity contribution in [2.45, 2.75) is 110 Å². The van der Waals surface area contributed by atoms with E-state index in [4.69, 9.17) is 0 Å². The second-order valence-corrected chi connectivity index (χ2v) is 10.8. The van der Waals surface area contributed by atoms with Gasteiger partial charge in [0.15, 0.2) is 0 Å². The van der Waals surface area contributed by atoms with Crippen molar-refractivity contribution in [3.05, 3.63) is 84.9 Å². The van der Waals surface area contributed by atoms with Crippen LogP contribution in [0.15, 0.2) is 84.9 Å². The van der Waals surface area contributed by atoms with Crippen LogP contribution in [0.2, 0.25) is 0 Å². The van der Waals surface area contributed by atoms with Gasteiger partial charge in [0.2, 0.25) is 0 Å². The van der Waals surface area contributed by atoms with Gasteiger partial charge < -0.3 is 10.2 Å². The Labute approximate surface area is 233 Å². The fraction of sp³-hybridized carbons (Fsp3) is 0.500. The second kappa shape index (κ2) is 19.3. The molecule has 0 bridgehead atoms. The smallest absolute Gasteiger partial charge is 0.0693 e. The van der Waals surface area contributed by atoms with E-state index in [0.29, 0.717) is 0 Å². The molecule has 0 aliphatic carbocycles. The molecule has 3 aromatic carbocycles. The van der Waals surface area contributed by atoms with Gasteiger partial charge in [-0.3, -0.25) is 0 Å². The molecule has 0 aromatic heterocycles. The van der Waals surface area contributed by atoms with Crippen LogP contribution in [-0.2, 0) is 0 Å². The van der Waals surface area contributed by atoms with Crippen LogP contribution < -0.4 is 10.2 Å². The summed E-state index contributed by atoms with van der Waals surface area (Å²) in [4.78, 5) is 2.34. The number of hydrogen-bond acceptors (Lipinski definition) is 2. The summed E-state index contributed by atoms with van der Waals surface area (Å²) in [5, 5.41) is 3.74. The summed E-state index contributed by atoms with van der Waals surface area (Å²) in [5.41, 5.74) is 4.74. The number of nitrogens with zero attached hydrogens (tertiary/aromatic N) is 1. The third-order valence-electron chi connectivity index (χ3n) is 7.52. The normalized spacial score (nSPS) is 11.0. The molecule has 0 atom stereocenters. The minimum Gasteiger partial charge on any atom is -0.383 e. The van der Waals surface area contributed by atoms with E-state index < -0.39 is 0 Å². The third kappa shape index (κ3) is 11.3. The predicted octanol–water partition coefficient (Wildman–Crippen LogP) is 11.8. The number of benzene rings is 3. The lowest BCUT2D eigenvalue weighted by molar-refractivity contribution is 0.530. The molecule has 3 aromatic rings. The van der Waals surface area contributed by atoms with Crippen LogP contribution in [-0.4, -0.2) is 6.54 Å². The van der Waals surface area contributed by atoms with Crippen LogP contribution in [0.25, 0.3) is 0 Å². The van der Waals surface area contributed by atoms with Crippen molar-refractivity contribution in [1.82, 2.24) is 0 Å². The average Bonchev–Trinajstić information content (AvgIpc) is 2.97. The van der Waals surface area contributed by atoms with Crippen LogP contribution in [0, 0.1) is 0 Å². The Morgan fingerprint density at radius 3 is 1.32 bits per heavy atom. The zero-order chi connectivity index (χ0) is 26.5. The maximum atomic E-state index is 3.74. The van der Waals surface area contributed by atoms with E-state index in [1.54, 1.807) is 0 Å². The lowest BCUT2D eigenvalue weighted by Gasteiger charge is -2.27. The van der Waals surface area contributed by atoms with Gasteiger partial charge in [-0.1, -0.05) is 152 Å². The Morgan fingerprint density at radius 2 is 0.842 bits per heavy atom. The molecule has 0 aliphatic heterocycles. The largest absolute Gasteiger partial charge is 0.383 e. The van der Waals surface area contributed by atoms with Gasteiger partial charge >= 0.3 is 0 Å². The number of rotatable bonds is 21. The van der Waals surface area contributed by atoms with Gasteiger partial charge in [0, 0.05) is 17.9 Å².